The summed E-state index contributed by atoms with van der Waals surface area (Å²) in [5.74, 6) is 0.289. The molecule has 0 fully saturated rings. The number of halogens is 3. The minimum absolute atomic E-state index is 0.114. The normalized spacial score (nSPS) is 14.0. The van der Waals surface area contributed by atoms with E-state index in [2.05, 4.69) is 19.4 Å². The van der Waals surface area contributed by atoms with E-state index in [0.29, 0.717) is 45.4 Å². The summed E-state index contributed by atoms with van der Waals surface area (Å²) in [6.07, 6.45) is -0.932. The molecule has 41 heavy (non-hydrogen) atoms. The van der Waals surface area contributed by atoms with Crippen molar-refractivity contribution in [3.8, 4) is 50.9 Å². The minimum Gasteiger partial charge on any atom is -0.440 e. The number of hydrogen-bond donors (Lipinski definition) is 0. The topological polar surface area (TPSA) is 96.5 Å². The molecule has 2 aromatic heterocycles. The largest absolute Gasteiger partial charge is 0.586 e. The lowest BCUT2D eigenvalue weighted by atomic mass is 9.97. The van der Waals surface area contributed by atoms with Gasteiger partial charge in [0.15, 0.2) is 33.0 Å². The van der Waals surface area contributed by atoms with Crippen LogP contribution in [0.15, 0.2) is 70.1 Å². The molecule has 0 unspecified atom stereocenters. The Hall–Kier alpha value is -4.58. The minimum atomic E-state index is -3.78. The van der Waals surface area contributed by atoms with E-state index >= 15 is 0 Å². The van der Waals surface area contributed by atoms with Crippen molar-refractivity contribution in [2.24, 2.45) is 0 Å². The van der Waals surface area contributed by atoms with Gasteiger partial charge in [-0.05, 0) is 73.5 Å². The molecule has 0 aliphatic carbocycles. The van der Waals surface area contributed by atoms with Gasteiger partial charge in [0, 0.05) is 30.5 Å². The fourth-order valence-electron chi connectivity index (χ4n) is 4.82. The molecular weight excluding hydrogens is 559 g/mol. The molecule has 5 aromatic rings. The van der Waals surface area contributed by atoms with Crippen molar-refractivity contribution in [1.82, 2.24) is 14.5 Å². The van der Waals surface area contributed by atoms with Crippen LogP contribution < -0.4 is 9.47 Å². The lowest BCUT2D eigenvalue weighted by molar-refractivity contribution is -0.286. The van der Waals surface area contributed by atoms with Crippen LogP contribution in [0.25, 0.3) is 39.4 Å². The highest BCUT2D eigenvalue weighted by Gasteiger charge is 2.43. The highest BCUT2D eigenvalue weighted by Crippen LogP contribution is 2.45. The van der Waals surface area contributed by atoms with Gasteiger partial charge < -0.3 is 18.5 Å². The zero-order valence-electron chi connectivity index (χ0n) is 22.2. The van der Waals surface area contributed by atoms with Gasteiger partial charge >= 0.3 is 6.29 Å². The highest BCUT2D eigenvalue weighted by atomic mass is 32.2. The van der Waals surface area contributed by atoms with Crippen LogP contribution in [0.4, 0.5) is 13.2 Å². The molecule has 0 N–H and O–H groups in total. The van der Waals surface area contributed by atoms with Crippen molar-refractivity contribution in [3.63, 3.8) is 0 Å². The van der Waals surface area contributed by atoms with Crippen LogP contribution in [0.3, 0.4) is 0 Å². The van der Waals surface area contributed by atoms with Crippen LogP contribution in [0.1, 0.15) is 17.4 Å². The van der Waals surface area contributed by atoms with E-state index in [4.69, 9.17) is 4.42 Å². The summed E-state index contributed by atoms with van der Waals surface area (Å²) in [6, 6.07) is 13.2. The van der Waals surface area contributed by atoms with Crippen molar-refractivity contribution in [2.45, 2.75) is 32.0 Å². The summed E-state index contributed by atoms with van der Waals surface area (Å²) >= 11 is 0. The monoisotopic (exact) mass is 581 g/mol. The molecule has 0 saturated carbocycles. The second-order valence-corrected chi connectivity index (χ2v) is 11.7. The molecule has 0 radical (unpaired) electrons. The van der Waals surface area contributed by atoms with Crippen LogP contribution in [-0.2, 0) is 9.84 Å². The maximum absolute atomic E-state index is 14.5. The number of rotatable bonds is 5. The zero-order chi connectivity index (χ0) is 29.3. The molecule has 6 rings (SSSR count). The average molecular weight is 582 g/mol. The molecule has 0 atom stereocenters. The van der Waals surface area contributed by atoms with E-state index in [1.165, 1.54) is 24.3 Å². The Balaban J connectivity index is 1.57. The van der Waals surface area contributed by atoms with Crippen molar-refractivity contribution in [3.05, 3.63) is 84.0 Å². The van der Waals surface area contributed by atoms with E-state index in [1.807, 2.05) is 24.6 Å². The molecule has 3 aromatic carbocycles. The highest BCUT2D eigenvalue weighted by molar-refractivity contribution is 7.90. The summed E-state index contributed by atoms with van der Waals surface area (Å²) in [5, 5.41) is 0. The van der Waals surface area contributed by atoms with Crippen molar-refractivity contribution in [1.29, 1.82) is 0 Å². The van der Waals surface area contributed by atoms with Crippen LogP contribution >= 0.6 is 0 Å². The number of nitrogens with zero attached hydrogens (tertiary/aromatic N) is 3. The van der Waals surface area contributed by atoms with Gasteiger partial charge in [-0.2, -0.15) is 0 Å². The van der Waals surface area contributed by atoms with Crippen molar-refractivity contribution in [2.75, 3.05) is 6.26 Å². The Morgan fingerprint density at radius 3 is 2.29 bits per heavy atom. The Labute approximate surface area is 232 Å². The Morgan fingerprint density at radius 2 is 1.59 bits per heavy atom. The smallest absolute Gasteiger partial charge is 0.440 e. The van der Waals surface area contributed by atoms with E-state index in [9.17, 15) is 21.6 Å². The van der Waals surface area contributed by atoms with Gasteiger partial charge in [-0.25, -0.2) is 22.8 Å². The molecular formula is C29H22F3N3O5S. The number of fused-ring (bicyclic) bond motifs is 1. The number of oxazole rings is 1. The van der Waals surface area contributed by atoms with Gasteiger partial charge in [0.25, 0.3) is 0 Å². The quantitative estimate of drug-likeness (QED) is 0.229. The van der Waals surface area contributed by atoms with Gasteiger partial charge in [0.1, 0.15) is 17.3 Å². The summed E-state index contributed by atoms with van der Waals surface area (Å²) < 4.78 is 83.3. The maximum atomic E-state index is 14.5. The lowest BCUT2D eigenvalue weighted by Crippen LogP contribution is -2.25. The van der Waals surface area contributed by atoms with Crippen LogP contribution in [0, 0.1) is 26.6 Å². The Morgan fingerprint density at radius 1 is 0.854 bits per heavy atom. The Kier molecular flexibility index (Phi) is 6.00. The number of aryl methyl sites for hydroxylation is 3. The molecule has 12 heteroatoms. The molecule has 3 heterocycles. The standard InChI is InChI=1S/C29H22F3N3O5S/c1-15-14-35(16(2)33-15)24-7-5-18(20-9-21(30)13-22(10-20)41(4,36)37)11-23(24)27-28(38-17(3)34-27)19-6-8-25-26(12-19)40-29(31,32)39-25/h5-14H,1-4H3. The molecule has 0 spiro atoms. The van der Waals surface area contributed by atoms with Gasteiger partial charge in [0.05, 0.1) is 16.3 Å². The van der Waals surface area contributed by atoms with Gasteiger partial charge in [-0.1, -0.05) is 6.07 Å². The summed E-state index contributed by atoms with van der Waals surface area (Å²) in [5.41, 5.74) is 3.60. The third-order valence-corrected chi connectivity index (χ3v) is 7.64. The number of aromatic nitrogens is 3. The summed E-state index contributed by atoms with van der Waals surface area (Å²) in [7, 11) is -3.68. The number of benzene rings is 3. The molecule has 0 saturated heterocycles. The van der Waals surface area contributed by atoms with Gasteiger partial charge in [0.2, 0.25) is 0 Å². The third-order valence-electron chi connectivity index (χ3n) is 6.54. The lowest BCUT2D eigenvalue weighted by Gasteiger charge is -2.14. The fourth-order valence-corrected chi connectivity index (χ4v) is 5.48. The van der Waals surface area contributed by atoms with E-state index < -0.39 is 21.9 Å². The second kappa shape index (κ2) is 9.23. The molecule has 0 amide bonds. The SMILES string of the molecule is Cc1cn(-c2ccc(-c3cc(F)cc(S(C)(=O)=O)c3)cc2-c2nc(C)oc2-c2ccc3c(c2)OC(F)(F)O3)c(C)n1. The van der Waals surface area contributed by atoms with Crippen LogP contribution in [0.2, 0.25) is 0 Å². The number of hydrogen-bond acceptors (Lipinski definition) is 7. The van der Waals surface area contributed by atoms with Gasteiger partial charge in [-0.15, -0.1) is 8.78 Å². The van der Waals surface area contributed by atoms with E-state index in [-0.39, 0.29) is 22.2 Å². The van der Waals surface area contributed by atoms with Gasteiger partial charge in [-0.3, -0.25) is 0 Å². The maximum Gasteiger partial charge on any atom is 0.586 e. The first-order valence-corrected chi connectivity index (χ1v) is 14.2. The number of imidazole rings is 1. The average Bonchev–Trinajstić information content (AvgIpc) is 3.54. The van der Waals surface area contributed by atoms with Crippen molar-refractivity contribution >= 4 is 9.84 Å². The second-order valence-electron chi connectivity index (χ2n) is 9.72. The molecule has 1 aliphatic rings. The van der Waals surface area contributed by atoms with E-state index in [1.54, 1.807) is 31.2 Å². The zero-order valence-corrected chi connectivity index (χ0v) is 23.0. The molecule has 210 valence electrons. The number of ether oxygens (including phenoxy) is 2. The first kappa shape index (κ1) is 26.6. The summed E-state index contributed by atoms with van der Waals surface area (Å²) in [6.45, 7) is 5.34. The molecule has 1 aliphatic heterocycles. The predicted octanol–water partition coefficient (Wildman–Crippen LogP) is 6.65. The Bertz CT molecular complexity index is 1960. The number of alkyl halides is 2. The van der Waals surface area contributed by atoms with E-state index in [0.717, 1.165) is 18.0 Å². The summed E-state index contributed by atoms with van der Waals surface area (Å²) in [4.78, 5) is 8.96. The van der Waals surface area contributed by atoms with Crippen LogP contribution in [0.5, 0.6) is 11.5 Å². The first-order valence-electron chi connectivity index (χ1n) is 12.3. The fraction of sp³-hybridized carbons (Fsp3) is 0.172. The van der Waals surface area contributed by atoms with Crippen LogP contribution in [-0.4, -0.2) is 35.5 Å². The molecule has 8 nitrogen and oxygen atoms in total. The predicted molar refractivity (Wildman–Crippen MR) is 143 cm³/mol. The molecule has 0 bridgehead atoms. The number of sulfone groups is 1. The van der Waals surface area contributed by atoms with Crippen molar-refractivity contribution < 1.29 is 35.5 Å². The third kappa shape index (κ3) is 4.95. The first-order chi connectivity index (χ1) is 19.3.